The van der Waals surface area contributed by atoms with Gasteiger partial charge in [-0.05, 0) is 36.4 Å². The van der Waals surface area contributed by atoms with Crippen LogP contribution in [0, 0.1) is 0 Å². The van der Waals surface area contributed by atoms with Crippen LogP contribution in [0.2, 0.25) is 5.02 Å². The molecule has 0 saturated carbocycles. The van der Waals surface area contributed by atoms with Crippen molar-refractivity contribution >= 4 is 23.2 Å². The maximum absolute atomic E-state index is 12.4. The first-order valence-electron chi connectivity index (χ1n) is 8.47. The summed E-state index contributed by atoms with van der Waals surface area (Å²) in [5.41, 5.74) is 1.52. The minimum Gasteiger partial charge on any atom is -0.454 e. The summed E-state index contributed by atoms with van der Waals surface area (Å²) >= 11 is 6.04. The van der Waals surface area contributed by atoms with Gasteiger partial charge in [-0.2, -0.15) is 4.98 Å². The van der Waals surface area contributed by atoms with Crippen molar-refractivity contribution in [1.29, 1.82) is 0 Å². The number of amides is 1. The number of carbonyl (C=O) groups is 1. The molecule has 1 fully saturated rings. The summed E-state index contributed by atoms with van der Waals surface area (Å²) in [5, 5.41) is 4.68. The smallest absolute Gasteiger partial charge is 0.258 e. The van der Waals surface area contributed by atoms with Crippen LogP contribution in [-0.2, 0) is 4.79 Å². The summed E-state index contributed by atoms with van der Waals surface area (Å²) in [6, 6.07) is 12.7. The SMILES string of the molecule is O=C1CC(c2noc(-c3ccc4c(c3)OCO4)n2)CN1c1cccc(Cl)c1. The third-order valence-corrected chi connectivity index (χ3v) is 4.91. The highest BCUT2D eigenvalue weighted by molar-refractivity contribution is 6.30. The van der Waals surface area contributed by atoms with Crippen molar-refractivity contribution in [3.63, 3.8) is 0 Å². The molecule has 0 spiro atoms. The van der Waals surface area contributed by atoms with Crippen LogP contribution < -0.4 is 14.4 Å². The van der Waals surface area contributed by atoms with Gasteiger partial charge in [-0.15, -0.1) is 0 Å². The number of hydrogen-bond acceptors (Lipinski definition) is 6. The lowest BCUT2D eigenvalue weighted by Crippen LogP contribution is -2.24. The molecule has 1 unspecified atom stereocenters. The lowest BCUT2D eigenvalue weighted by molar-refractivity contribution is -0.117. The third kappa shape index (κ3) is 2.90. The van der Waals surface area contributed by atoms with Crippen molar-refractivity contribution < 1.29 is 18.8 Å². The molecule has 0 bridgehead atoms. The number of nitrogens with zero attached hydrogens (tertiary/aromatic N) is 3. The minimum absolute atomic E-state index is 0.0108. The van der Waals surface area contributed by atoms with E-state index in [1.54, 1.807) is 23.1 Å². The lowest BCUT2D eigenvalue weighted by Gasteiger charge is -2.16. The molecule has 2 aliphatic rings. The standard InChI is InChI=1S/C19H14ClN3O4/c20-13-2-1-3-14(8-13)23-9-12(7-17(23)24)18-21-19(27-22-18)11-4-5-15-16(6-11)26-10-25-15/h1-6,8,12H,7,9-10H2. The Morgan fingerprint density at radius 3 is 2.89 bits per heavy atom. The van der Waals surface area contributed by atoms with Gasteiger partial charge in [-0.25, -0.2) is 0 Å². The monoisotopic (exact) mass is 383 g/mol. The molecule has 0 radical (unpaired) electrons. The number of aromatic nitrogens is 2. The van der Waals surface area contributed by atoms with Crippen LogP contribution in [0.4, 0.5) is 5.69 Å². The molecule has 2 aromatic carbocycles. The molecule has 0 aliphatic carbocycles. The van der Waals surface area contributed by atoms with E-state index in [1.807, 2.05) is 24.3 Å². The topological polar surface area (TPSA) is 77.7 Å². The van der Waals surface area contributed by atoms with Crippen LogP contribution in [0.5, 0.6) is 11.5 Å². The van der Waals surface area contributed by atoms with Crippen molar-refractivity contribution in [2.45, 2.75) is 12.3 Å². The number of ether oxygens (including phenoxy) is 2. The number of rotatable bonds is 3. The summed E-state index contributed by atoms with van der Waals surface area (Å²) in [4.78, 5) is 18.6. The quantitative estimate of drug-likeness (QED) is 0.687. The van der Waals surface area contributed by atoms with Gasteiger partial charge in [0.05, 0.1) is 0 Å². The second-order valence-corrected chi connectivity index (χ2v) is 6.85. The molecule has 1 amide bonds. The van der Waals surface area contributed by atoms with Gasteiger partial charge in [-0.1, -0.05) is 22.8 Å². The van der Waals surface area contributed by atoms with Crippen molar-refractivity contribution in [3.8, 4) is 23.0 Å². The van der Waals surface area contributed by atoms with Crippen molar-refractivity contribution in [1.82, 2.24) is 10.1 Å². The number of carbonyl (C=O) groups excluding carboxylic acids is 1. The van der Waals surface area contributed by atoms with Gasteiger partial charge in [0, 0.05) is 35.2 Å². The molecule has 3 heterocycles. The van der Waals surface area contributed by atoms with Crippen LogP contribution in [0.3, 0.4) is 0 Å². The molecule has 136 valence electrons. The van der Waals surface area contributed by atoms with Gasteiger partial charge in [-0.3, -0.25) is 4.79 Å². The molecule has 7 nitrogen and oxygen atoms in total. The van der Waals surface area contributed by atoms with E-state index in [0.29, 0.717) is 41.2 Å². The van der Waals surface area contributed by atoms with Gasteiger partial charge in [0.1, 0.15) is 0 Å². The Morgan fingerprint density at radius 2 is 2.00 bits per heavy atom. The molecular weight excluding hydrogens is 370 g/mol. The van der Waals surface area contributed by atoms with Crippen molar-refractivity contribution in [3.05, 3.63) is 53.3 Å². The van der Waals surface area contributed by atoms with Gasteiger partial charge in [0.25, 0.3) is 5.89 Å². The molecule has 8 heteroatoms. The third-order valence-electron chi connectivity index (χ3n) is 4.67. The molecule has 2 aliphatic heterocycles. The molecule has 1 aromatic heterocycles. The number of benzene rings is 2. The predicted molar refractivity (Wildman–Crippen MR) is 97.0 cm³/mol. The van der Waals surface area contributed by atoms with E-state index in [4.69, 9.17) is 25.6 Å². The maximum Gasteiger partial charge on any atom is 0.258 e. The number of halogens is 1. The fourth-order valence-electron chi connectivity index (χ4n) is 3.32. The first-order chi connectivity index (χ1) is 13.2. The van der Waals surface area contributed by atoms with E-state index in [2.05, 4.69) is 10.1 Å². The molecule has 1 saturated heterocycles. The van der Waals surface area contributed by atoms with Crippen molar-refractivity contribution in [2.75, 3.05) is 18.2 Å². The fraction of sp³-hybridized carbons (Fsp3) is 0.211. The normalized spacial score (nSPS) is 18.3. The van der Waals surface area contributed by atoms with Gasteiger partial charge in [0.15, 0.2) is 17.3 Å². The van der Waals surface area contributed by atoms with Gasteiger partial charge >= 0.3 is 0 Å². The molecule has 5 rings (SSSR count). The highest BCUT2D eigenvalue weighted by atomic mass is 35.5. The predicted octanol–water partition coefficient (Wildman–Crippen LogP) is 3.64. The zero-order chi connectivity index (χ0) is 18.4. The van der Waals surface area contributed by atoms with E-state index in [9.17, 15) is 4.79 Å². The van der Waals surface area contributed by atoms with E-state index in [1.165, 1.54) is 0 Å². The first-order valence-corrected chi connectivity index (χ1v) is 8.85. The number of anilines is 1. The Morgan fingerprint density at radius 1 is 1.11 bits per heavy atom. The second kappa shape index (κ2) is 6.28. The molecule has 0 N–H and O–H groups in total. The Labute approximate surface area is 159 Å². The van der Waals surface area contributed by atoms with Crippen LogP contribution in [0.25, 0.3) is 11.5 Å². The van der Waals surface area contributed by atoms with E-state index < -0.39 is 0 Å². The molecule has 27 heavy (non-hydrogen) atoms. The zero-order valence-corrected chi connectivity index (χ0v) is 14.8. The van der Waals surface area contributed by atoms with E-state index >= 15 is 0 Å². The minimum atomic E-state index is -0.136. The Kier molecular flexibility index (Phi) is 3.75. The van der Waals surface area contributed by atoms with Gasteiger partial charge in [0.2, 0.25) is 12.7 Å². The van der Waals surface area contributed by atoms with Gasteiger partial charge < -0.3 is 18.9 Å². The van der Waals surface area contributed by atoms with E-state index in [-0.39, 0.29) is 18.6 Å². The summed E-state index contributed by atoms with van der Waals surface area (Å²) < 4.78 is 16.1. The van der Waals surface area contributed by atoms with Crippen molar-refractivity contribution in [2.24, 2.45) is 0 Å². The van der Waals surface area contributed by atoms with Crippen LogP contribution in [0.1, 0.15) is 18.2 Å². The highest BCUT2D eigenvalue weighted by Gasteiger charge is 2.34. The van der Waals surface area contributed by atoms with Crippen LogP contribution >= 0.6 is 11.6 Å². The zero-order valence-electron chi connectivity index (χ0n) is 14.1. The Balaban J connectivity index is 1.38. The molecule has 3 aromatic rings. The highest BCUT2D eigenvalue weighted by Crippen LogP contribution is 2.36. The first kappa shape index (κ1) is 16.1. The van der Waals surface area contributed by atoms with E-state index in [0.717, 1.165) is 11.3 Å². The van der Waals surface area contributed by atoms with Crippen LogP contribution in [-0.4, -0.2) is 29.4 Å². The largest absolute Gasteiger partial charge is 0.454 e. The average Bonchev–Trinajstić information content (AvgIpc) is 3.40. The molecule has 1 atom stereocenters. The summed E-state index contributed by atoms with van der Waals surface area (Å²) in [6.07, 6.45) is 0.326. The summed E-state index contributed by atoms with van der Waals surface area (Å²) in [6.45, 7) is 0.691. The maximum atomic E-state index is 12.4. The summed E-state index contributed by atoms with van der Waals surface area (Å²) in [7, 11) is 0. The second-order valence-electron chi connectivity index (χ2n) is 6.41. The Bertz CT molecular complexity index is 1040. The Hall–Kier alpha value is -3.06. The van der Waals surface area contributed by atoms with Crippen LogP contribution in [0.15, 0.2) is 47.0 Å². The fourth-order valence-corrected chi connectivity index (χ4v) is 3.51. The lowest BCUT2D eigenvalue weighted by atomic mass is 10.1. The molecular formula is C19H14ClN3O4. The summed E-state index contributed by atoms with van der Waals surface area (Å²) in [5.74, 6) is 2.12. The number of fused-ring (bicyclic) bond motifs is 1. The average molecular weight is 384 g/mol. The number of hydrogen-bond donors (Lipinski definition) is 0.